The summed E-state index contributed by atoms with van der Waals surface area (Å²) in [5, 5.41) is 0. The first-order valence-electron chi connectivity index (χ1n) is 7.65. The van der Waals surface area contributed by atoms with Crippen molar-refractivity contribution >= 4 is 39.5 Å². The van der Waals surface area contributed by atoms with Gasteiger partial charge in [-0.05, 0) is 47.8 Å². The van der Waals surface area contributed by atoms with Gasteiger partial charge in [0.1, 0.15) is 12.4 Å². The lowest BCUT2D eigenvalue weighted by molar-refractivity contribution is 0.287. The van der Waals surface area contributed by atoms with E-state index in [2.05, 4.69) is 15.9 Å². The molecule has 0 spiro atoms. The van der Waals surface area contributed by atoms with Gasteiger partial charge in [-0.2, -0.15) is 0 Å². The molecule has 0 amide bonds. The lowest BCUT2D eigenvalue weighted by Crippen LogP contribution is -2.06. The molecule has 3 rings (SSSR count). The molecule has 2 aromatic carbocycles. The SMILES string of the molecule is COc1ccc(COc2c(F)cc(Br)cc2C2SCCCS2)cc1. The van der Waals surface area contributed by atoms with Crippen molar-refractivity contribution < 1.29 is 13.9 Å². The Hall–Kier alpha value is -0.850. The molecule has 6 heteroatoms. The predicted octanol–water partition coefficient (Wildman–Crippen LogP) is 6.04. The van der Waals surface area contributed by atoms with Crippen LogP contribution in [0.15, 0.2) is 40.9 Å². The summed E-state index contributed by atoms with van der Waals surface area (Å²) in [6, 6.07) is 11.1. The van der Waals surface area contributed by atoms with Crippen LogP contribution in [0.4, 0.5) is 4.39 Å². The molecule has 128 valence electrons. The molecule has 1 heterocycles. The molecule has 1 saturated heterocycles. The van der Waals surface area contributed by atoms with Crippen LogP contribution in [-0.4, -0.2) is 18.6 Å². The van der Waals surface area contributed by atoms with E-state index >= 15 is 0 Å². The molecule has 24 heavy (non-hydrogen) atoms. The Morgan fingerprint density at radius 1 is 1.17 bits per heavy atom. The van der Waals surface area contributed by atoms with Crippen molar-refractivity contribution in [2.45, 2.75) is 17.6 Å². The minimum atomic E-state index is -0.320. The molecule has 1 fully saturated rings. The predicted molar refractivity (Wildman–Crippen MR) is 104 cm³/mol. The van der Waals surface area contributed by atoms with Gasteiger partial charge in [0, 0.05) is 10.0 Å². The van der Waals surface area contributed by atoms with Gasteiger partial charge in [-0.15, -0.1) is 23.5 Å². The van der Waals surface area contributed by atoms with Crippen LogP contribution in [0.5, 0.6) is 11.5 Å². The highest BCUT2D eigenvalue weighted by Gasteiger charge is 2.23. The van der Waals surface area contributed by atoms with Crippen molar-refractivity contribution in [3.8, 4) is 11.5 Å². The third-order valence-electron chi connectivity index (χ3n) is 3.66. The van der Waals surface area contributed by atoms with Crippen LogP contribution >= 0.6 is 39.5 Å². The number of methoxy groups -OCH3 is 1. The van der Waals surface area contributed by atoms with E-state index in [-0.39, 0.29) is 10.4 Å². The largest absolute Gasteiger partial charge is 0.497 e. The zero-order chi connectivity index (χ0) is 16.9. The summed E-state index contributed by atoms with van der Waals surface area (Å²) >= 11 is 7.10. The molecule has 0 saturated carbocycles. The third-order valence-corrected chi connectivity index (χ3v) is 7.10. The Kier molecular flexibility index (Phi) is 6.36. The van der Waals surface area contributed by atoms with Crippen molar-refractivity contribution in [2.24, 2.45) is 0 Å². The monoisotopic (exact) mass is 428 g/mol. The Bertz CT molecular complexity index is 688. The maximum Gasteiger partial charge on any atom is 0.166 e. The van der Waals surface area contributed by atoms with Gasteiger partial charge in [0.2, 0.25) is 0 Å². The fourth-order valence-electron chi connectivity index (χ4n) is 2.45. The third kappa shape index (κ3) is 4.41. The minimum Gasteiger partial charge on any atom is -0.497 e. The van der Waals surface area contributed by atoms with Crippen LogP contribution in [0, 0.1) is 5.82 Å². The van der Waals surface area contributed by atoms with Crippen LogP contribution < -0.4 is 9.47 Å². The van der Waals surface area contributed by atoms with Gasteiger partial charge in [0.05, 0.1) is 11.7 Å². The van der Waals surface area contributed by atoms with E-state index < -0.39 is 0 Å². The van der Waals surface area contributed by atoms with Crippen molar-refractivity contribution in [1.82, 2.24) is 0 Å². The average Bonchev–Trinajstić information content (AvgIpc) is 2.61. The standard InChI is InChI=1S/C18H18BrFO2S2/c1-21-14-5-3-12(4-6-14)11-22-17-15(9-13(19)10-16(17)20)18-23-7-2-8-24-18/h3-6,9-10,18H,2,7-8,11H2,1H3. The molecule has 0 bridgehead atoms. The van der Waals surface area contributed by atoms with Crippen LogP contribution in [0.2, 0.25) is 0 Å². The maximum atomic E-state index is 14.5. The molecule has 0 unspecified atom stereocenters. The Balaban J connectivity index is 1.80. The molecule has 1 aliphatic rings. The molecule has 2 nitrogen and oxygen atoms in total. The summed E-state index contributed by atoms with van der Waals surface area (Å²) in [4.78, 5) is 0. The lowest BCUT2D eigenvalue weighted by Gasteiger charge is -2.24. The van der Waals surface area contributed by atoms with Gasteiger partial charge in [0.25, 0.3) is 0 Å². The normalized spacial score (nSPS) is 15.3. The second kappa shape index (κ2) is 8.50. The molecule has 0 radical (unpaired) electrons. The topological polar surface area (TPSA) is 18.5 Å². The summed E-state index contributed by atoms with van der Waals surface area (Å²) in [6.45, 7) is 0.331. The maximum absolute atomic E-state index is 14.5. The Morgan fingerprint density at radius 3 is 2.54 bits per heavy atom. The fourth-order valence-corrected chi connectivity index (χ4v) is 5.80. The summed E-state index contributed by atoms with van der Waals surface area (Å²) < 4.78 is 26.5. The number of hydrogen-bond donors (Lipinski definition) is 0. The fraction of sp³-hybridized carbons (Fsp3) is 0.333. The molecular weight excluding hydrogens is 411 g/mol. The lowest BCUT2D eigenvalue weighted by atomic mass is 10.2. The van der Waals surface area contributed by atoms with E-state index in [0.717, 1.165) is 32.9 Å². The van der Waals surface area contributed by atoms with Gasteiger partial charge in [-0.1, -0.05) is 28.1 Å². The van der Waals surface area contributed by atoms with Gasteiger partial charge >= 0.3 is 0 Å². The van der Waals surface area contributed by atoms with E-state index in [1.807, 2.05) is 53.9 Å². The second-order valence-corrected chi connectivity index (χ2v) is 9.01. The molecule has 2 aromatic rings. The number of thioether (sulfide) groups is 2. The van der Waals surface area contributed by atoms with Gasteiger partial charge in [-0.3, -0.25) is 0 Å². The summed E-state index contributed by atoms with van der Waals surface area (Å²) in [5.74, 6) is 3.04. The van der Waals surface area contributed by atoms with E-state index in [9.17, 15) is 4.39 Å². The van der Waals surface area contributed by atoms with E-state index in [1.54, 1.807) is 7.11 Å². The number of hydrogen-bond acceptors (Lipinski definition) is 4. The van der Waals surface area contributed by atoms with Crippen molar-refractivity contribution in [3.05, 3.63) is 57.8 Å². The van der Waals surface area contributed by atoms with Crippen molar-refractivity contribution in [1.29, 1.82) is 0 Å². The summed E-state index contributed by atoms with van der Waals surface area (Å²) in [7, 11) is 1.63. The van der Waals surface area contributed by atoms with Crippen LogP contribution in [-0.2, 0) is 6.61 Å². The Labute approximate surface area is 158 Å². The summed E-state index contributed by atoms with van der Waals surface area (Å²) in [6.07, 6.45) is 1.20. The molecule has 0 aromatic heterocycles. The number of ether oxygens (including phenoxy) is 2. The van der Waals surface area contributed by atoms with Crippen LogP contribution in [0.1, 0.15) is 22.1 Å². The van der Waals surface area contributed by atoms with Crippen molar-refractivity contribution in [3.63, 3.8) is 0 Å². The smallest absolute Gasteiger partial charge is 0.166 e. The molecule has 0 N–H and O–H groups in total. The summed E-state index contributed by atoms with van der Waals surface area (Å²) in [5.41, 5.74) is 1.90. The van der Waals surface area contributed by atoms with Gasteiger partial charge < -0.3 is 9.47 Å². The van der Waals surface area contributed by atoms with E-state index in [0.29, 0.717) is 12.4 Å². The van der Waals surface area contributed by atoms with Crippen LogP contribution in [0.3, 0.4) is 0 Å². The molecule has 1 aliphatic heterocycles. The average molecular weight is 429 g/mol. The van der Waals surface area contributed by atoms with Gasteiger partial charge in [-0.25, -0.2) is 4.39 Å². The first kappa shape index (κ1) is 18.0. The van der Waals surface area contributed by atoms with E-state index in [4.69, 9.17) is 9.47 Å². The first-order valence-corrected chi connectivity index (χ1v) is 10.5. The van der Waals surface area contributed by atoms with Gasteiger partial charge in [0.15, 0.2) is 11.6 Å². The highest BCUT2D eigenvalue weighted by atomic mass is 79.9. The zero-order valence-electron chi connectivity index (χ0n) is 13.3. The van der Waals surface area contributed by atoms with E-state index in [1.165, 1.54) is 12.5 Å². The number of rotatable bonds is 5. The number of benzene rings is 2. The van der Waals surface area contributed by atoms with Crippen molar-refractivity contribution in [2.75, 3.05) is 18.6 Å². The molecular formula is C18H18BrFO2S2. The minimum absolute atomic E-state index is 0.219. The molecule has 0 atom stereocenters. The highest BCUT2D eigenvalue weighted by molar-refractivity contribution is 9.10. The van der Waals surface area contributed by atoms with Crippen LogP contribution in [0.25, 0.3) is 0 Å². The first-order chi connectivity index (χ1) is 11.7. The quantitative estimate of drug-likeness (QED) is 0.576. The highest BCUT2D eigenvalue weighted by Crippen LogP contribution is 2.48. The number of halogens is 2. The second-order valence-electron chi connectivity index (χ2n) is 5.37. The zero-order valence-corrected chi connectivity index (χ0v) is 16.5. The Morgan fingerprint density at radius 2 is 1.88 bits per heavy atom. The molecule has 0 aliphatic carbocycles.